The highest BCUT2D eigenvalue weighted by molar-refractivity contribution is 9.10. The lowest BCUT2D eigenvalue weighted by Crippen LogP contribution is -2.28. The van der Waals surface area contributed by atoms with Gasteiger partial charge in [0.25, 0.3) is 5.91 Å². The molecule has 0 unspecified atom stereocenters. The maximum Gasteiger partial charge on any atom is 0.251 e. The molecule has 2 aromatic rings. The normalized spacial score (nSPS) is 10.5. The molecule has 0 spiro atoms. The van der Waals surface area contributed by atoms with Crippen molar-refractivity contribution in [2.75, 3.05) is 20.8 Å². The molecule has 142 valence electrons. The van der Waals surface area contributed by atoms with Gasteiger partial charge in [-0.05, 0) is 45.8 Å². The van der Waals surface area contributed by atoms with E-state index in [1.165, 1.54) is 13.3 Å². The number of ether oxygens (including phenoxy) is 2. The van der Waals surface area contributed by atoms with Crippen LogP contribution in [0.15, 0.2) is 52.0 Å². The average Bonchev–Trinajstić information content (AvgIpc) is 2.68. The predicted octanol–water partition coefficient (Wildman–Crippen LogP) is 2.74. The third-order valence-electron chi connectivity index (χ3n) is 3.53. The molecule has 0 aliphatic carbocycles. The number of amides is 2. The van der Waals surface area contributed by atoms with Crippen molar-refractivity contribution >= 4 is 34.0 Å². The summed E-state index contributed by atoms with van der Waals surface area (Å²) in [5.74, 6) is 0.595. The van der Waals surface area contributed by atoms with Crippen LogP contribution in [0.5, 0.6) is 11.5 Å². The van der Waals surface area contributed by atoms with Crippen molar-refractivity contribution in [1.82, 2.24) is 10.7 Å². The Bertz CT molecular complexity index is 825. The molecule has 0 saturated heterocycles. The van der Waals surface area contributed by atoms with Crippen molar-refractivity contribution < 1.29 is 19.1 Å². The summed E-state index contributed by atoms with van der Waals surface area (Å²) in [7, 11) is 3.09. The Morgan fingerprint density at radius 3 is 2.56 bits per heavy atom. The van der Waals surface area contributed by atoms with Gasteiger partial charge in [0.1, 0.15) is 0 Å². The quantitative estimate of drug-likeness (QED) is 0.494. The van der Waals surface area contributed by atoms with Gasteiger partial charge in [0, 0.05) is 18.5 Å². The zero-order valence-electron chi connectivity index (χ0n) is 15.0. The lowest BCUT2D eigenvalue weighted by atomic mass is 10.2. The molecule has 0 saturated carbocycles. The second-order valence-corrected chi connectivity index (χ2v) is 6.26. The van der Waals surface area contributed by atoms with E-state index in [1.54, 1.807) is 43.5 Å². The van der Waals surface area contributed by atoms with Gasteiger partial charge in [-0.2, -0.15) is 5.10 Å². The molecule has 0 radical (unpaired) electrons. The van der Waals surface area contributed by atoms with Crippen LogP contribution in [0, 0.1) is 0 Å². The van der Waals surface area contributed by atoms with E-state index >= 15 is 0 Å². The first-order chi connectivity index (χ1) is 13.0. The van der Waals surface area contributed by atoms with Gasteiger partial charge in [0.05, 0.1) is 24.9 Å². The Balaban J connectivity index is 1.81. The van der Waals surface area contributed by atoms with Crippen molar-refractivity contribution in [1.29, 1.82) is 0 Å². The third kappa shape index (κ3) is 6.10. The molecule has 0 aromatic heterocycles. The summed E-state index contributed by atoms with van der Waals surface area (Å²) in [6.07, 6.45) is 1.61. The minimum Gasteiger partial charge on any atom is -0.493 e. The van der Waals surface area contributed by atoms with E-state index in [4.69, 9.17) is 9.47 Å². The first-order valence-corrected chi connectivity index (χ1v) is 8.91. The molecule has 2 rings (SSSR count). The number of hydrogen-bond acceptors (Lipinski definition) is 5. The minimum atomic E-state index is -0.306. The highest BCUT2D eigenvalue weighted by atomic mass is 79.9. The van der Waals surface area contributed by atoms with E-state index in [0.717, 1.165) is 5.56 Å². The first-order valence-electron chi connectivity index (χ1n) is 8.11. The summed E-state index contributed by atoms with van der Waals surface area (Å²) in [4.78, 5) is 23.7. The molecule has 0 heterocycles. The van der Waals surface area contributed by atoms with Crippen LogP contribution in [0.4, 0.5) is 0 Å². The molecule has 0 aliphatic heterocycles. The van der Waals surface area contributed by atoms with Crippen LogP contribution in [0.3, 0.4) is 0 Å². The zero-order valence-corrected chi connectivity index (χ0v) is 16.6. The summed E-state index contributed by atoms with van der Waals surface area (Å²) in [6, 6.07) is 12.3. The average molecular weight is 434 g/mol. The van der Waals surface area contributed by atoms with Gasteiger partial charge in [-0.3, -0.25) is 9.59 Å². The van der Waals surface area contributed by atoms with E-state index in [-0.39, 0.29) is 24.8 Å². The van der Waals surface area contributed by atoms with E-state index < -0.39 is 0 Å². The topological polar surface area (TPSA) is 89.0 Å². The fourth-order valence-corrected chi connectivity index (χ4v) is 2.85. The Labute approximate surface area is 165 Å². The Morgan fingerprint density at radius 2 is 1.89 bits per heavy atom. The van der Waals surface area contributed by atoms with Crippen LogP contribution in [0.1, 0.15) is 22.3 Å². The van der Waals surface area contributed by atoms with Crippen molar-refractivity contribution in [2.45, 2.75) is 6.42 Å². The van der Waals surface area contributed by atoms with Crippen LogP contribution in [-0.4, -0.2) is 38.8 Å². The second-order valence-electron chi connectivity index (χ2n) is 5.40. The van der Waals surface area contributed by atoms with Crippen molar-refractivity contribution in [3.63, 3.8) is 0 Å². The summed E-state index contributed by atoms with van der Waals surface area (Å²) < 4.78 is 11.2. The SMILES string of the molecule is COc1cc(/C=N\NC(=O)CCNC(=O)c2ccccc2)cc(Br)c1OC. The van der Waals surface area contributed by atoms with Crippen molar-refractivity contribution in [3.05, 3.63) is 58.1 Å². The van der Waals surface area contributed by atoms with Crippen molar-refractivity contribution in [3.8, 4) is 11.5 Å². The molecule has 7 nitrogen and oxygen atoms in total. The monoisotopic (exact) mass is 433 g/mol. The maximum absolute atomic E-state index is 11.9. The van der Waals surface area contributed by atoms with E-state index in [1.807, 2.05) is 6.07 Å². The van der Waals surface area contributed by atoms with E-state index in [0.29, 0.717) is 21.5 Å². The molecule has 0 atom stereocenters. The molecule has 2 aromatic carbocycles. The smallest absolute Gasteiger partial charge is 0.251 e. The second kappa shape index (κ2) is 10.3. The Hall–Kier alpha value is -2.87. The van der Waals surface area contributed by atoms with E-state index in [2.05, 4.69) is 31.8 Å². The van der Waals surface area contributed by atoms with Gasteiger partial charge in [-0.15, -0.1) is 0 Å². The van der Waals surface area contributed by atoms with Gasteiger partial charge in [-0.25, -0.2) is 5.43 Å². The summed E-state index contributed by atoms with van der Waals surface area (Å²) in [6.45, 7) is 0.219. The van der Waals surface area contributed by atoms with Crippen LogP contribution < -0.4 is 20.2 Å². The van der Waals surface area contributed by atoms with Gasteiger partial charge < -0.3 is 14.8 Å². The molecular formula is C19H20BrN3O4. The number of carbonyl (C=O) groups is 2. The van der Waals surface area contributed by atoms with Gasteiger partial charge in [0.2, 0.25) is 5.91 Å². The van der Waals surface area contributed by atoms with Gasteiger partial charge >= 0.3 is 0 Å². The van der Waals surface area contributed by atoms with Gasteiger partial charge in [-0.1, -0.05) is 18.2 Å². The van der Waals surface area contributed by atoms with Crippen LogP contribution in [-0.2, 0) is 4.79 Å². The standard InChI is InChI=1S/C19H20BrN3O4/c1-26-16-11-13(10-15(20)18(16)27-2)12-22-23-17(24)8-9-21-19(25)14-6-4-3-5-7-14/h3-7,10-12H,8-9H2,1-2H3,(H,21,25)(H,23,24)/b22-12-. The molecule has 8 heteroatoms. The fourth-order valence-electron chi connectivity index (χ4n) is 2.23. The molecule has 0 fully saturated rings. The summed E-state index contributed by atoms with van der Waals surface area (Å²) >= 11 is 3.39. The fraction of sp³-hybridized carbons (Fsp3) is 0.211. The summed E-state index contributed by atoms with van der Waals surface area (Å²) in [5, 5.41) is 6.60. The molecule has 2 amide bonds. The number of methoxy groups -OCH3 is 2. The van der Waals surface area contributed by atoms with Crippen LogP contribution >= 0.6 is 15.9 Å². The minimum absolute atomic E-state index is 0.117. The zero-order chi connectivity index (χ0) is 19.6. The number of nitrogens with zero attached hydrogens (tertiary/aromatic N) is 1. The van der Waals surface area contributed by atoms with E-state index in [9.17, 15) is 9.59 Å². The number of carbonyl (C=O) groups excluding carboxylic acids is 2. The number of hydrogen-bond donors (Lipinski definition) is 2. The molecule has 2 N–H and O–H groups in total. The highest BCUT2D eigenvalue weighted by Gasteiger charge is 2.10. The molecule has 0 aliphatic rings. The largest absolute Gasteiger partial charge is 0.493 e. The van der Waals surface area contributed by atoms with Crippen molar-refractivity contribution in [2.24, 2.45) is 5.10 Å². The Morgan fingerprint density at radius 1 is 1.15 bits per heavy atom. The third-order valence-corrected chi connectivity index (χ3v) is 4.12. The highest BCUT2D eigenvalue weighted by Crippen LogP contribution is 2.35. The number of benzene rings is 2. The Kier molecular flexibility index (Phi) is 7.81. The van der Waals surface area contributed by atoms with Crippen LogP contribution in [0.2, 0.25) is 0 Å². The maximum atomic E-state index is 11.9. The predicted molar refractivity (Wildman–Crippen MR) is 106 cm³/mol. The molecule has 0 bridgehead atoms. The number of hydrazone groups is 1. The van der Waals surface area contributed by atoms with Crippen LogP contribution in [0.25, 0.3) is 0 Å². The first kappa shape index (κ1) is 20.4. The molecule has 27 heavy (non-hydrogen) atoms. The summed E-state index contributed by atoms with van der Waals surface area (Å²) in [5.41, 5.74) is 3.69. The number of rotatable bonds is 8. The lowest BCUT2D eigenvalue weighted by Gasteiger charge is -2.10. The molecular weight excluding hydrogens is 414 g/mol. The lowest BCUT2D eigenvalue weighted by molar-refractivity contribution is -0.120. The number of halogens is 1. The van der Waals surface area contributed by atoms with Gasteiger partial charge in [0.15, 0.2) is 11.5 Å². The number of nitrogens with one attached hydrogen (secondary N) is 2.